The Bertz CT molecular complexity index is 315. The third kappa shape index (κ3) is 6.96. The van der Waals surface area contributed by atoms with Crippen molar-refractivity contribution in [2.45, 2.75) is 38.1 Å². The molecule has 0 saturated heterocycles. The number of likely N-dealkylation sites (N-methyl/N-ethyl adjacent to an activating group) is 1. The minimum absolute atomic E-state index is 0.186. The standard InChI is InChI=1S/C16H30N2O3/c1-4-10-17(2)11-5-12-21-13-14-6-8-15(9-7-14)18(3)16(19)20/h4,14-15H,1,5-13H2,2-3H3,(H,19,20). The first-order chi connectivity index (χ1) is 10.0. The molecule has 1 aliphatic carbocycles. The van der Waals surface area contributed by atoms with E-state index in [1.54, 1.807) is 7.05 Å². The van der Waals surface area contributed by atoms with Crippen molar-refractivity contribution >= 4 is 6.09 Å². The molecule has 1 fully saturated rings. The zero-order chi connectivity index (χ0) is 15.7. The average molecular weight is 298 g/mol. The van der Waals surface area contributed by atoms with Gasteiger partial charge in [-0.1, -0.05) is 6.08 Å². The quantitative estimate of drug-likeness (QED) is 0.525. The van der Waals surface area contributed by atoms with E-state index in [4.69, 9.17) is 9.84 Å². The van der Waals surface area contributed by atoms with Crippen LogP contribution in [-0.2, 0) is 4.74 Å². The lowest BCUT2D eigenvalue weighted by atomic mass is 9.86. The van der Waals surface area contributed by atoms with Crippen LogP contribution in [0.25, 0.3) is 0 Å². The smallest absolute Gasteiger partial charge is 0.407 e. The first kappa shape index (κ1) is 18.0. The highest BCUT2D eigenvalue weighted by Crippen LogP contribution is 2.27. The van der Waals surface area contributed by atoms with E-state index >= 15 is 0 Å². The van der Waals surface area contributed by atoms with Gasteiger partial charge in [-0.25, -0.2) is 4.79 Å². The van der Waals surface area contributed by atoms with Crippen molar-refractivity contribution in [3.05, 3.63) is 12.7 Å². The molecule has 5 heteroatoms. The lowest BCUT2D eigenvalue weighted by Crippen LogP contribution is -2.39. The maximum atomic E-state index is 10.9. The van der Waals surface area contributed by atoms with Gasteiger partial charge in [-0.3, -0.25) is 0 Å². The van der Waals surface area contributed by atoms with E-state index in [-0.39, 0.29) is 6.04 Å². The van der Waals surface area contributed by atoms with E-state index in [1.807, 2.05) is 6.08 Å². The van der Waals surface area contributed by atoms with Gasteiger partial charge in [-0.2, -0.15) is 0 Å². The Hall–Kier alpha value is -1.07. The maximum absolute atomic E-state index is 10.9. The van der Waals surface area contributed by atoms with Crippen molar-refractivity contribution in [2.24, 2.45) is 5.92 Å². The third-order valence-electron chi connectivity index (χ3n) is 4.29. The van der Waals surface area contributed by atoms with Crippen LogP contribution in [0.3, 0.4) is 0 Å². The summed E-state index contributed by atoms with van der Waals surface area (Å²) in [6.07, 6.45) is 6.18. The summed E-state index contributed by atoms with van der Waals surface area (Å²) in [7, 11) is 3.76. The molecule has 21 heavy (non-hydrogen) atoms. The SMILES string of the molecule is C=CCN(C)CCCOCC1CCC(N(C)C(=O)O)CC1. The first-order valence-corrected chi connectivity index (χ1v) is 7.87. The summed E-state index contributed by atoms with van der Waals surface area (Å²) in [5, 5.41) is 8.97. The van der Waals surface area contributed by atoms with Gasteiger partial charge >= 0.3 is 6.09 Å². The first-order valence-electron chi connectivity index (χ1n) is 7.87. The summed E-state index contributed by atoms with van der Waals surface area (Å²) in [5.74, 6) is 0.592. The number of amides is 1. The topological polar surface area (TPSA) is 53.0 Å². The molecule has 1 aliphatic rings. The van der Waals surface area contributed by atoms with Gasteiger partial charge in [0.05, 0.1) is 0 Å². The number of carbonyl (C=O) groups is 1. The van der Waals surface area contributed by atoms with Crippen LogP contribution in [-0.4, -0.2) is 67.4 Å². The van der Waals surface area contributed by atoms with Gasteiger partial charge in [0.25, 0.3) is 0 Å². The minimum Gasteiger partial charge on any atom is -0.465 e. The number of ether oxygens (including phenoxy) is 1. The Balaban J connectivity index is 2.05. The van der Waals surface area contributed by atoms with Crippen LogP contribution in [0.2, 0.25) is 0 Å². The Kier molecular flexibility index (Phi) is 8.38. The van der Waals surface area contributed by atoms with Crippen molar-refractivity contribution in [1.82, 2.24) is 9.80 Å². The molecule has 1 amide bonds. The Morgan fingerprint density at radius 3 is 2.57 bits per heavy atom. The molecule has 0 atom stereocenters. The van der Waals surface area contributed by atoms with Crippen molar-refractivity contribution < 1.29 is 14.6 Å². The highest BCUT2D eigenvalue weighted by Gasteiger charge is 2.26. The van der Waals surface area contributed by atoms with Gasteiger partial charge in [-0.15, -0.1) is 6.58 Å². The minimum atomic E-state index is -0.821. The van der Waals surface area contributed by atoms with Gasteiger partial charge in [0.2, 0.25) is 0 Å². The lowest BCUT2D eigenvalue weighted by Gasteiger charge is -2.33. The number of hydrogen-bond acceptors (Lipinski definition) is 3. The number of nitrogens with zero attached hydrogens (tertiary/aromatic N) is 2. The molecular formula is C16H30N2O3. The van der Waals surface area contributed by atoms with Crippen molar-refractivity contribution in [1.29, 1.82) is 0 Å². The van der Waals surface area contributed by atoms with Crippen molar-refractivity contribution in [3.63, 3.8) is 0 Å². The molecule has 0 radical (unpaired) electrons. The fourth-order valence-corrected chi connectivity index (χ4v) is 2.85. The summed E-state index contributed by atoms with van der Waals surface area (Å²) in [5.41, 5.74) is 0. The predicted octanol–water partition coefficient (Wildman–Crippen LogP) is 2.68. The van der Waals surface area contributed by atoms with E-state index < -0.39 is 6.09 Å². The maximum Gasteiger partial charge on any atom is 0.407 e. The second kappa shape index (κ2) is 9.79. The highest BCUT2D eigenvalue weighted by molar-refractivity contribution is 5.64. The second-order valence-corrected chi connectivity index (χ2v) is 6.05. The second-order valence-electron chi connectivity index (χ2n) is 6.05. The Labute approximate surface area is 128 Å². The molecule has 0 unspecified atom stereocenters. The monoisotopic (exact) mass is 298 g/mol. The van der Waals surface area contributed by atoms with Crippen LogP contribution in [0.5, 0.6) is 0 Å². The molecule has 0 aromatic rings. The largest absolute Gasteiger partial charge is 0.465 e. The van der Waals surface area contributed by atoms with Crippen molar-refractivity contribution in [2.75, 3.05) is 40.4 Å². The van der Waals surface area contributed by atoms with E-state index in [2.05, 4.69) is 18.5 Å². The van der Waals surface area contributed by atoms with Gasteiger partial charge in [0, 0.05) is 39.4 Å². The van der Waals surface area contributed by atoms with E-state index in [1.165, 1.54) is 4.90 Å². The molecule has 0 heterocycles. The highest BCUT2D eigenvalue weighted by atomic mass is 16.5. The number of rotatable bonds is 9. The third-order valence-corrected chi connectivity index (χ3v) is 4.29. The van der Waals surface area contributed by atoms with Gasteiger partial charge in [0.1, 0.15) is 0 Å². The van der Waals surface area contributed by atoms with E-state index in [9.17, 15) is 4.79 Å². The lowest BCUT2D eigenvalue weighted by molar-refractivity contribution is 0.0636. The Morgan fingerprint density at radius 2 is 2.00 bits per heavy atom. The fraction of sp³-hybridized carbons (Fsp3) is 0.812. The van der Waals surface area contributed by atoms with E-state index in [0.717, 1.165) is 58.4 Å². The zero-order valence-corrected chi connectivity index (χ0v) is 13.5. The zero-order valence-electron chi connectivity index (χ0n) is 13.5. The molecular weight excluding hydrogens is 268 g/mol. The molecule has 0 bridgehead atoms. The van der Waals surface area contributed by atoms with Gasteiger partial charge in [-0.05, 0) is 45.1 Å². The van der Waals surface area contributed by atoms with Crippen molar-refractivity contribution in [3.8, 4) is 0 Å². The predicted molar refractivity (Wildman–Crippen MR) is 84.7 cm³/mol. The number of carboxylic acid groups (broad SMARTS) is 1. The van der Waals surface area contributed by atoms with Crippen LogP contribution in [0.15, 0.2) is 12.7 Å². The Morgan fingerprint density at radius 1 is 1.33 bits per heavy atom. The summed E-state index contributed by atoms with van der Waals surface area (Å²) in [4.78, 5) is 14.6. The van der Waals surface area contributed by atoms with E-state index in [0.29, 0.717) is 5.92 Å². The average Bonchev–Trinajstić information content (AvgIpc) is 2.47. The normalized spacial score (nSPS) is 22.2. The van der Waals surface area contributed by atoms with Crippen LogP contribution in [0.4, 0.5) is 4.79 Å². The molecule has 5 nitrogen and oxygen atoms in total. The molecule has 1 N–H and O–H groups in total. The van der Waals surface area contributed by atoms with Crippen LogP contribution >= 0.6 is 0 Å². The van der Waals surface area contributed by atoms with Crippen LogP contribution in [0, 0.1) is 5.92 Å². The molecule has 0 aromatic heterocycles. The molecule has 0 aliphatic heterocycles. The summed E-state index contributed by atoms with van der Waals surface area (Å²) >= 11 is 0. The summed E-state index contributed by atoms with van der Waals surface area (Å²) < 4.78 is 5.76. The molecule has 1 saturated carbocycles. The van der Waals surface area contributed by atoms with Crippen LogP contribution in [0.1, 0.15) is 32.1 Å². The molecule has 122 valence electrons. The van der Waals surface area contributed by atoms with Crippen LogP contribution < -0.4 is 0 Å². The molecule has 0 aromatic carbocycles. The molecule has 1 rings (SSSR count). The van der Waals surface area contributed by atoms with Gasteiger partial charge in [0.15, 0.2) is 0 Å². The summed E-state index contributed by atoms with van der Waals surface area (Å²) in [6.45, 7) is 7.29. The fourth-order valence-electron chi connectivity index (χ4n) is 2.85. The summed E-state index contributed by atoms with van der Waals surface area (Å²) in [6, 6.07) is 0.186. The number of hydrogen-bond donors (Lipinski definition) is 1. The van der Waals surface area contributed by atoms with Gasteiger partial charge < -0.3 is 19.6 Å². The molecule has 0 spiro atoms.